The average Bonchev–Trinajstić information content (AvgIpc) is 2.68. The van der Waals surface area contributed by atoms with Gasteiger partial charge in [0.2, 0.25) is 0 Å². The molecular weight excluding hydrogens is 240 g/mol. The molecule has 2 heterocycles. The molecule has 0 saturated carbocycles. The Labute approximate surface area is 103 Å². The number of H-pyrrole nitrogens is 2. The largest absolute Gasteiger partial charge is 0.382 e. The predicted octanol–water partition coefficient (Wildman–Crippen LogP) is 1.21. The molecule has 0 bridgehead atoms. The normalized spacial score (nSPS) is 11.1. The van der Waals surface area contributed by atoms with Gasteiger partial charge in [0.25, 0.3) is 5.56 Å². The molecule has 7 heteroatoms. The van der Waals surface area contributed by atoms with Crippen molar-refractivity contribution in [3.63, 3.8) is 0 Å². The monoisotopic (exact) mass is 254 g/mol. The minimum Gasteiger partial charge on any atom is -0.382 e. The van der Waals surface area contributed by atoms with E-state index >= 15 is 0 Å². The molecule has 0 unspecified atom stereocenters. The Kier molecular flexibility index (Phi) is 3.70. The van der Waals surface area contributed by atoms with Crippen molar-refractivity contribution in [1.29, 1.82) is 0 Å². The minimum atomic E-state index is -0.257. The number of aromatic nitrogens is 4. The van der Waals surface area contributed by atoms with E-state index in [2.05, 4.69) is 15.0 Å². The average molecular weight is 254 g/mol. The Morgan fingerprint density at radius 2 is 2.35 bits per heavy atom. The highest BCUT2D eigenvalue weighted by atomic mass is 32.1. The molecule has 92 valence electrons. The number of nitrogens with one attached hydrogen (secondary N) is 2. The Bertz CT molecular complexity index is 613. The van der Waals surface area contributed by atoms with Crippen LogP contribution in [0.5, 0.6) is 0 Å². The Morgan fingerprint density at radius 3 is 3.12 bits per heavy atom. The van der Waals surface area contributed by atoms with Crippen LogP contribution >= 0.6 is 12.2 Å². The van der Waals surface area contributed by atoms with Crippen LogP contribution in [0.3, 0.4) is 0 Å². The molecular formula is C10H14N4O2S. The molecule has 2 aromatic rings. The Balaban J connectivity index is 2.24. The van der Waals surface area contributed by atoms with Crippen LogP contribution in [0.2, 0.25) is 0 Å². The number of hydrogen-bond donors (Lipinski definition) is 2. The Hall–Kier alpha value is -1.47. The van der Waals surface area contributed by atoms with Gasteiger partial charge in [-0.15, -0.1) is 0 Å². The van der Waals surface area contributed by atoms with E-state index in [1.165, 1.54) is 0 Å². The smallest absolute Gasteiger partial charge is 0.279 e. The van der Waals surface area contributed by atoms with E-state index in [0.29, 0.717) is 29.1 Å². The highest BCUT2D eigenvalue weighted by Gasteiger charge is 2.06. The number of imidazole rings is 1. The number of aromatic amines is 2. The minimum absolute atomic E-state index is 0.257. The van der Waals surface area contributed by atoms with Gasteiger partial charge in [0.1, 0.15) is 5.65 Å². The molecule has 0 fully saturated rings. The van der Waals surface area contributed by atoms with Gasteiger partial charge in [0, 0.05) is 19.8 Å². The molecule has 2 aromatic heterocycles. The van der Waals surface area contributed by atoms with Gasteiger partial charge in [-0.25, -0.2) is 4.98 Å². The second-order valence-corrected chi connectivity index (χ2v) is 4.00. The SMILES string of the molecule is CCOCCCn1cnc2c(=O)[nH]c(=S)[nH]c21. The van der Waals surface area contributed by atoms with Crippen molar-refractivity contribution < 1.29 is 4.74 Å². The van der Waals surface area contributed by atoms with E-state index in [1.807, 2.05) is 11.5 Å². The molecule has 0 aromatic carbocycles. The van der Waals surface area contributed by atoms with Gasteiger partial charge in [-0.1, -0.05) is 0 Å². The first kappa shape index (κ1) is 12.0. The standard InChI is InChI=1S/C10H14N4O2S/c1-2-16-5-3-4-14-6-11-7-8(14)12-10(17)13-9(7)15/h6H,2-5H2,1H3,(H2,12,13,15,17). The summed E-state index contributed by atoms with van der Waals surface area (Å²) in [6.07, 6.45) is 2.50. The van der Waals surface area contributed by atoms with Gasteiger partial charge >= 0.3 is 0 Å². The highest BCUT2D eigenvalue weighted by molar-refractivity contribution is 7.71. The maximum Gasteiger partial charge on any atom is 0.279 e. The van der Waals surface area contributed by atoms with Crippen LogP contribution in [-0.2, 0) is 11.3 Å². The quantitative estimate of drug-likeness (QED) is 0.621. The van der Waals surface area contributed by atoms with Gasteiger partial charge in [-0.2, -0.15) is 0 Å². The summed E-state index contributed by atoms with van der Waals surface area (Å²) in [6, 6.07) is 0. The maximum atomic E-state index is 11.5. The van der Waals surface area contributed by atoms with Gasteiger partial charge < -0.3 is 14.3 Å². The van der Waals surface area contributed by atoms with Crippen molar-refractivity contribution in [2.45, 2.75) is 19.9 Å². The fourth-order valence-electron chi connectivity index (χ4n) is 1.63. The summed E-state index contributed by atoms with van der Waals surface area (Å²) in [5.41, 5.74) is 0.789. The van der Waals surface area contributed by atoms with Gasteiger partial charge in [0.15, 0.2) is 10.3 Å². The molecule has 2 rings (SSSR count). The van der Waals surface area contributed by atoms with Gasteiger partial charge in [-0.05, 0) is 25.6 Å². The number of ether oxygens (including phenoxy) is 1. The first-order chi connectivity index (χ1) is 8.22. The molecule has 2 N–H and O–H groups in total. The lowest BCUT2D eigenvalue weighted by Gasteiger charge is -2.03. The molecule has 0 aliphatic rings. The summed E-state index contributed by atoms with van der Waals surface area (Å²) in [5.74, 6) is 0. The van der Waals surface area contributed by atoms with Crippen LogP contribution in [0.25, 0.3) is 11.2 Å². The van der Waals surface area contributed by atoms with Crippen LogP contribution < -0.4 is 5.56 Å². The maximum absolute atomic E-state index is 11.5. The lowest BCUT2D eigenvalue weighted by Crippen LogP contribution is -2.09. The molecule has 6 nitrogen and oxygen atoms in total. The number of rotatable bonds is 5. The summed E-state index contributed by atoms with van der Waals surface area (Å²) in [7, 11) is 0. The highest BCUT2D eigenvalue weighted by Crippen LogP contribution is 2.05. The van der Waals surface area contributed by atoms with Crippen molar-refractivity contribution >= 4 is 23.4 Å². The third kappa shape index (κ3) is 2.62. The molecule has 17 heavy (non-hydrogen) atoms. The van der Waals surface area contributed by atoms with E-state index in [0.717, 1.165) is 13.0 Å². The van der Waals surface area contributed by atoms with E-state index in [4.69, 9.17) is 17.0 Å². The van der Waals surface area contributed by atoms with E-state index < -0.39 is 0 Å². The van der Waals surface area contributed by atoms with Crippen molar-refractivity contribution in [2.75, 3.05) is 13.2 Å². The topological polar surface area (TPSA) is 75.7 Å². The summed E-state index contributed by atoms with van der Waals surface area (Å²) in [5, 5.41) is 0. The lowest BCUT2D eigenvalue weighted by molar-refractivity contribution is 0.142. The fraction of sp³-hybridized carbons (Fsp3) is 0.500. The van der Waals surface area contributed by atoms with Crippen LogP contribution in [0.1, 0.15) is 13.3 Å². The summed E-state index contributed by atoms with van der Waals surface area (Å²) in [6.45, 7) is 4.11. The van der Waals surface area contributed by atoms with Gasteiger partial charge in [0.05, 0.1) is 6.33 Å². The molecule has 0 aliphatic carbocycles. The van der Waals surface area contributed by atoms with E-state index in [-0.39, 0.29) is 5.56 Å². The fourth-order valence-corrected chi connectivity index (χ4v) is 1.82. The molecule has 0 radical (unpaired) electrons. The predicted molar refractivity (Wildman–Crippen MR) is 66.6 cm³/mol. The Morgan fingerprint density at radius 1 is 1.53 bits per heavy atom. The first-order valence-corrected chi connectivity index (χ1v) is 5.88. The molecule has 0 saturated heterocycles. The lowest BCUT2D eigenvalue weighted by atomic mass is 10.4. The van der Waals surface area contributed by atoms with Crippen LogP contribution in [0.15, 0.2) is 11.1 Å². The van der Waals surface area contributed by atoms with Crippen LogP contribution in [0.4, 0.5) is 0 Å². The zero-order valence-electron chi connectivity index (χ0n) is 9.52. The van der Waals surface area contributed by atoms with Gasteiger partial charge in [-0.3, -0.25) is 9.78 Å². The number of nitrogens with zero attached hydrogens (tertiary/aromatic N) is 2. The zero-order chi connectivity index (χ0) is 12.3. The number of aryl methyl sites for hydroxylation is 1. The first-order valence-electron chi connectivity index (χ1n) is 5.47. The zero-order valence-corrected chi connectivity index (χ0v) is 10.3. The summed E-state index contributed by atoms with van der Waals surface area (Å²) in [4.78, 5) is 21.1. The van der Waals surface area contributed by atoms with Crippen LogP contribution in [0, 0.1) is 4.77 Å². The molecule has 0 aliphatic heterocycles. The van der Waals surface area contributed by atoms with Crippen molar-refractivity contribution in [1.82, 2.24) is 19.5 Å². The van der Waals surface area contributed by atoms with E-state index in [9.17, 15) is 4.79 Å². The summed E-state index contributed by atoms with van der Waals surface area (Å²) >= 11 is 4.93. The molecule has 0 atom stereocenters. The molecule has 0 amide bonds. The third-order valence-corrected chi connectivity index (χ3v) is 2.61. The van der Waals surface area contributed by atoms with Crippen molar-refractivity contribution in [3.05, 3.63) is 21.5 Å². The van der Waals surface area contributed by atoms with Crippen molar-refractivity contribution in [2.24, 2.45) is 0 Å². The third-order valence-electron chi connectivity index (χ3n) is 2.40. The second-order valence-electron chi connectivity index (χ2n) is 3.59. The van der Waals surface area contributed by atoms with Crippen molar-refractivity contribution in [3.8, 4) is 0 Å². The van der Waals surface area contributed by atoms with Crippen LogP contribution in [-0.4, -0.2) is 32.7 Å². The molecule has 0 spiro atoms. The summed E-state index contributed by atoms with van der Waals surface area (Å²) < 4.78 is 7.45. The number of fused-ring (bicyclic) bond motifs is 1. The second kappa shape index (κ2) is 5.24. The number of hydrogen-bond acceptors (Lipinski definition) is 4. The van der Waals surface area contributed by atoms with E-state index in [1.54, 1.807) is 6.33 Å².